The Morgan fingerprint density at radius 3 is 2.13 bits per heavy atom. The van der Waals surface area contributed by atoms with Gasteiger partial charge in [-0.2, -0.15) is 11.8 Å². The van der Waals surface area contributed by atoms with Crippen LogP contribution in [-0.2, 0) is 35.3 Å². The van der Waals surface area contributed by atoms with E-state index in [1.54, 1.807) is 45.0 Å². The Bertz CT molecular complexity index is 954. The maximum atomic E-state index is 13.0. The number of rotatable bonds is 15. The molecular formula is C25H38N4O8S. The van der Waals surface area contributed by atoms with Gasteiger partial charge in [-0.25, -0.2) is 9.59 Å². The number of nitrogens with one attached hydrogen (secondary N) is 3. The molecule has 4 amide bonds. The molecule has 6 N–H and O–H groups in total. The van der Waals surface area contributed by atoms with Crippen molar-refractivity contribution < 1.29 is 38.6 Å². The van der Waals surface area contributed by atoms with E-state index in [1.165, 1.54) is 18.7 Å². The molecular weight excluding hydrogens is 516 g/mol. The van der Waals surface area contributed by atoms with Gasteiger partial charge in [-0.05, 0) is 51.7 Å². The number of aliphatic carboxylic acids is 1. The summed E-state index contributed by atoms with van der Waals surface area (Å²) in [6, 6.07) is 5.00. The van der Waals surface area contributed by atoms with Crippen LogP contribution in [0.3, 0.4) is 0 Å². The molecule has 13 heteroatoms. The number of carbonyl (C=O) groups is 5. The molecule has 212 valence electrons. The highest BCUT2D eigenvalue weighted by molar-refractivity contribution is 7.98. The second-order valence-corrected chi connectivity index (χ2v) is 10.5. The van der Waals surface area contributed by atoms with Crippen molar-refractivity contribution in [3.8, 4) is 0 Å². The molecule has 0 aliphatic rings. The summed E-state index contributed by atoms with van der Waals surface area (Å²) in [5, 5.41) is 16.9. The molecule has 12 nitrogen and oxygen atoms in total. The monoisotopic (exact) mass is 554 g/mol. The van der Waals surface area contributed by atoms with Gasteiger partial charge >= 0.3 is 12.1 Å². The molecule has 4 atom stereocenters. The number of ether oxygens (including phenoxy) is 2. The van der Waals surface area contributed by atoms with Crippen molar-refractivity contribution in [3.05, 3.63) is 35.9 Å². The molecule has 0 radical (unpaired) electrons. The average Bonchev–Trinajstić information content (AvgIpc) is 2.81. The van der Waals surface area contributed by atoms with Crippen LogP contribution < -0.4 is 21.7 Å². The molecule has 0 aliphatic carbocycles. The van der Waals surface area contributed by atoms with Crippen molar-refractivity contribution in [2.45, 2.75) is 77.0 Å². The second kappa shape index (κ2) is 15.8. The lowest BCUT2D eigenvalue weighted by Gasteiger charge is -2.27. The average molecular weight is 555 g/mol. The predicted octanol–water partition coefficient (Wildman–Crippen LogP) is 1.17. The fraction of sp³-hybridized carbons (Fsp3) is 0.560. The maximum absolute atomic E-state index is 13.0. The van der Waals surface area contributed by atoms with Crippen LogP contribution in [0.25, 0.3) is 0 Å². The van der Waals surface area contributed by atoms with Crippen molar-refractivity contribution in [2.75, 3.05) is 12.0 Å². The van der Waals surface area contributed by atoms with Crippen LogP contribution in [0.5, 0.6) is 0 Å². The molecule has 0 bridgehead atoms. The summed E-state index contributed by atoms with van der Waals surface area (Å²) >= 11 is 1.44. The fourth-order valence-corrected chi connectivity index (χ4v) is 3.64. The van der Waals surface area contributed by atoms with Crippen molar-refractivity contribution in [1.29, 1.82) is 0 Å². The zero-order valence-corrected chi connectivity index (χ0v) is 23.1. The molecule has 0 saturated heterocycles. The van der Waals surface area contributed by atoms with Crippen molar-refractivity contribution in [1.82, 2.24) is 16.0 Å². The molecule has 0 aliphatic heterocycles. The maximum Gasteiger partial charge on any atom is 0.408 e. The van der Waals surface area contributed by atoms with E-state index in [4.69, 9.17) is 15.2 Å². The molecule has 1 aromatic rings. The standard InChI is InChI=1S/C25H38N4O8S/c1-15(36-14-16-9-7-6-8-10-16)20(23(33)34)29-22(32)18(13-19(26)30)27-21(31)17(11-12-38-5)28-24(35)37-25(2,3)4/h6-10,15,17-18,20H,11-14H2,1-5H3,(H2,26,30)(H,27,31)(H,28,35)(H,29,32)(H,33,34)/t15-,17+,18+,20+/m1/s1. The molecule has 0 unspecified atom stereocenters. The number of amides is 4. The smallest absolute Gasteiger partial charge is 0.408 e. The van der Waals surface area contributed by atoms with E-state index in [9.17, 15) is 29.1 Å². The van der Waals surface area contributed by atoms with Crippen LogP contribution in [-0.4, -0.2) is 76.7 Å². The summed E-state index contributed by atoms with van der Waals surface area (Å²) in [4.78, 5) is 61.7. The molecule has 1 aromatic carbocycles. The number of primary amides is 1. The number of benzene rings is 1. The second-order valence-electron chi connectivity index (χ2n) is 9.54. The highest BCUT2D eigenvalue weighted by atomic mass is 32.2. The number of alkyl carbamates (subject to hydrolysis) is 1. The van der Waals surface area contributed by atoms with Gasteiger partial charge in [-0.1, -0.05) is 30.3 Å². The highest BCUT2D eigenvalue weighted by Crippen LogP contribution is 2.10. The number of carbonyl (C=O) groups excluding carboxylic acids is 4. The summed E-state index contributed by atoms with van der Waals surface area (Å²) in [5.41, 5.74) is 5.28. The third-order valence-electron chi connectivity index (χ3n) is 5.05. The summed E-state index contributed by atoms with van der Waals surface area (Å²) in [6.45, 7) is 6.59. The predicted molar refractivity (Wildman–Crippen MR) is 142 cm³/mol. The zero-order chi connectivity index (χ0) is 28.9. The molecule has 0 aromatic heterocycles. The van der Waals surface area contributed by atoms with E-state index in [-0.39, 0.29) is 13.0 Å². The van der Waals surface area contributed by atoms with Crippen LogP contribution >= 0.6 is 11.8 Å². The molecule has 0 spiro atoms. The van der Waals surface area contributed by atoms with Crippen molar-refractivity contribution in [3.63, 3.8) is 0 Å². The van der Waals surface area contributed by atoms with Crippen LogP contribution in [0.15, 0.2) is 30.3 Å². The third kappa shape index (κ3) is 12.8. The minimum Gasteiger partial charge on any atom is -0.480 e. The number of thioether (sulfide) groups is 1. The lowest BCUT2D eigenvalue weighted by Crippen LogP contribution is -2.58. The fourth-order valence-electron chi connectivity index (χ4n) is 3.17. The van der Waals surface area contributed by atoms with Gasteiger partial charge in [0.25, 0.3) is 0 Å². The Labute approximate surface area is 226 Å². The van der Waals surface area contributed by atoms with E-state index in [2.05, 4.69) is 16.0 Å². The molecule has 38 heavy (non-hydrogen) atoms. The van der Waals surface area contributed by atoms with E-state index in [0.29, 0.717) is 5.75 Å². The van der Waals surface area contributed by atoms with Gasteiger partial charge in [0.1, 0.15) is 17.7 Å². The van der Waals surface area contributed by atoms with Crippen LogP contribution in [0.1, 0.15) is 46.1 Å². The Kier molecular flexibility index (Phi) is 13.6. The minimum absolute atomic E-state index is 0.108. The minimum atomic E-state index is -1.49. The van der Waals surface area contributed by atoms with Gasteiger partial charge in [-0.3, -0.25) is 14.4 Å². The first kappa shape index (κ1) is 32.7. The largest absolute Gasteiger partial charge is 0.480 e. The third-order valence-corrected chi connectivity index (χ3v) is 5.69. The normalized spacial score (nSPS) is 14.3. The summed E-state index contributed by atoms with van der Waals surface area (Å²) in [6.07, 6.45) is -0.349. The van der Waals surface area contributed by atoms with Gasteiger partial charge in [-0.15, -0.1) is 0 Å². The Morgan fingerprint density at radius 2 is 1.61 bits per heavy atom. The first-order valence-electron chi connectivity index (χ1n) is 12.0. The lowest BCUT2D eigenvalue weighted by molar-refractivity contribution is -0.147. The van der Waals surface area contributed by atoms with Crippen LogP contribution in [0, 0.1) is 0 Å². The summed E-state index contributed by atoms with van der Waals surface area (Å²) in [7, 11) is 0. The summed E-state index contributed by atoms with van der Waals surface area (Å²) < 4.78 is 10.8. The van der Waals surface area contributed by atoms with Crippen molar-refractivity contribution in [2.24, 2.45) is 5.73 Å². The Morgan fingerprint density at radius 1 is 1.00 bits per heavy atom. The van der Waals surface area contributed by atoms with Crippen molar-refractivity contribution >= 4 is 41.5 Å². The van der Waals surface area contributed by atoms with Gasteiger partial charge in [0, 0.05) is 0 Å². The van der Waals surface area contributed by atoms with E-state index < -0.39 is 66.0 Å². The van der Waals surface area contributed by atoms with E-state index in [0.717, 1.165) is 5.56 Å². The van der Waals surface area contributed by atoms with Crippen LogP contribution in [0.4, 0.5) is 4.79 Å². The Balaban J connectivity index is 2.96. The van der Waals surface area contributed by atoms with E-state index >= 15 is 0 Å². The number of carboxylic acid groups (broad SMARTS) is 1. The molecule has 0 heterocycles. The molecule has 0 fully saturated rings. The molecule has 0 saturated carbocycles. The highest BCUT2D eigenvalue weighted by Gasteiger charge is 2.33. The number of carboxylic acids is 1. The number of hydrogen-bond acceptors (Lipinski definition) is 8. The van der Waals surface area contributed by atoms with Crippen LogP contribution in [0.2, 0.25) is 0 Å². The SMILES string of the molecule is CSCC[C@H](NC(=O)OC(C)(C)C)C(=O)N[C@@H](CC(N)=O)C(=O)N[C@H](C(=O)O)[C@@H](C)OCc1ccccc1. The van der Waals surface area contributed by atoms with Gasteiger partial charge in [0.15, 0.2) is 6.04 Å². The molecule has 1 rings (SSSR count). The first-order valence-corrected chi connectivity index (χ1v) is 13.4. The first-order chi connectivity index (χ1) is 17.7. The van der Waals surface area contributed by atoms with Gasteiger partial charge in [0.2, 0.25) is 17.7 Å². The van der Waals surface area contributed by atoms with Gasteiger partial charge < -0.3 is 36.3 Å². The van der Waals surface area contributed by atoms with Gasteiger partial charge in [0.05, 0.1) is 19.1 Å². The zero-order valence-electron chi connectivity index (χ0n) is 22.3. The quantitative estimate of drug-likeness (QED) is 0.212. The Hall–Kier alpha value is -3.32. The summed E-state index contributed by atoms with van der Waals surface area (Å²) in [5.74, 6) is -3.47. The van der Waals surface area contributed by atoms with E-state index in [1.807, 2.05) is 12.3 Å². The topological polar surface area (TPSA) is 186 Å². The lowest BCUT2D eigenvalue weighted by atomic mass is 10.1. The number of hydrogen-bond donors (Lipinski definition) is 5. The number of nitrogens with two attached hydrogens (primary N) is 1.